The molecule has 3 heteroatoms. The molecule has 0 saturated carbocycles. The summed E-state index contributed by atoms with van der Waals surface area (Å²) in [5.41, 5.74) is 1.67. The number of aliphatic hydroxyl groups excluding tert-OH is 1. The van der Waals surface area contributed by atoms with E-state index in [0.717, 1.165) is 18.7 Å². The van der Waals surface area contributed by atoms with E-state index in [0.29, 0.717) is 17.5 Å². The predicted octanol–water partition coefficient (Wildman–Crippen LogP) is 3.50. The summed E-state index contributed by atoms with van der Waals surface area (Å²) in [4.78, 5) is 2.30. The highest BCUT2D eigenvalue weighted by molar-refractivity contribution is 5.55. The predicted molar refractivity (Wildman–Crippen MR) is 72.2 cm³/mol. The summed E-state index contributed by atoms with van der Waals surface area (Å²) in [6.45, 7) is 7.11. The van der Waals surface area contributed by atoms with Crippen molar-refractivity contribution in [2.75, 3.05) is 11.4 Å². The number of halogens is 1. The molecule has 100 valence electrons. The SMILES string of the molecule is CC1CCC(C)N(c2ccc(F)cc2C(C)O)C1. The van der Waals surface area contributed by atoms with E-state index in [2.05, 4.69) is 18.7 Å². The molecule has 1 aromatic carbocycles. The molecule has 1 saturated heterocycles. The van der Waals surface area contributed by atoms with E-state index in [1.165, 1.54) is 18.6 Å². The van der Waals surface area contributed by atoms with E-state index >= 15 is 0 Å². The van der Waals surface area contributed by atoms with Crippen molar-refractivity contribution in [1.82, 2.24) is 0 Å². The van der Waals surface area contributed by atoms with Gasteiger partial charge in [0, 0.05) is 23.8 Å². The topological polar surface area (TPSA) is 23.5 Å². The molecule has 0 spiro atoms. The molecule has 1 aliphatic heterocycles. The van der Waals surface area contributed by atoms with E-state index in [4.69, 9.17) is 0 Å². The van der Waals surface area contributed by atoms with Crippen molar-refractivity contribution < 1.29 is 9.50 Å². The van der Waals surface area contributed by atoms with Gasteiger partial charge >= 0.3 is 0 Å². The molecule has 0 aliphatic carbocycles. The summed E-state index contributed by atoms with van der Waals surface area (Å²) in [5.74, 6) is 0.362. The maximum atomic E-state index is 13.3. The molecule has 0 bridgehead atoms. The minimum Gasteiger partial charge on any atom is -0.389 e. The van der Waals surface area contributed by atoms with Gasteiger partial charge in [-0.3, -0.25) is 0 Å². The zero-order valence-corrected chi connectivity index (χ0v) is 11.4. The molecule has 18 heavy (non-hydrogen) atoms. The first kappa shape index (κ1) is 13.3. The Morgan fingerprint density at radius 2 is 2.06 bits per heavy atom. The smallest absolute Gasteiger partial charge is 0.123 e. The Bertz CT molecular complexity index is 419. The molecule has 3 atom stereocenters. The fourth-order valence-electron chi connectivity index (χ4n) is 2.75. The van der Waals surface area contributed by atoms with Crippen LogP contribution in [0.4, 0.5) is 10.1 Å². The van der Waals surface area contributed by atoms with Gasteiger partial charge in [-0.1, -0.05) is 6.92 Å². The summed E-state index contributed by atoms with van der Waals surface area (Å²) in [7, 11) is 0. The number of aliphatic hydroxyl groups is 1. The number of hydrogen-bond donors (Lipinski definition) is 1. The van der Waals surface area contributed by atoms with Crippen molar-refractivity contribution in [1.29, 1.82) is 0 Å². The molecule has 1 aliphatic rings. The van der Waals surface area contributed by atoms with Crippen LogP contribution in [0.3, 0.4) is 0 Å². The average molecular weight is 251 g/mol. The highest BCUT2D eigenvalue weighted by Crippen LogP contribution is 2.33. The Kier molecular flexibility index (Phi) is 3.91. The van der Waals surface area contributed by atoms with Crippen LogP contribution in [-0.4, -0.2) is 17.7 Å². The Balaban J connectivity index is 2.36. The summed E-state index contributed by atoms with van der Waals surface area (Å²) >= 11 is 0. The van der Waals surface area contributed by atoms with Crippen LogP contribution in [0.5, 0.6) is 0 Å². The lowest BCUT2D eigenvalue weighted by atomic mass is 9.93. The number of hydrogen-bond acceptors (Lipinski definition) is 2. The van der Waals surface area contributed by atoms with Gasteiger partial charge in [-0.2, -0.15) is 0 Å². The Morgan fingerprint density at radius 1 is 1.33 bits per heavy atom. The van der Waals surface area contributed by atoms with Gasteiger partial charge in [-0.05, 0) is 50.8 Å². The molecule has 1 aromatic rings. The molecular weight excluding hydrogens is 229 g/mol. The van der Waals surface area contributed by atoms with Gasteiger partial charge in [0.05, 0.1) is 6.10 Å². The third-order valence-corrected chi connectivity index (χ3v) is 3.87. The lowest BCUT2D eigenvalue weighted by molar-refractivity contribution is 0.198. The normalized spacial score (nSPS) is 26.2. The second-order valence-electron chi connectivity index (χ2n) is 5.56. The quantitative estimate of drug-likeness (QED) is 0.869. The van der Waals surface area contributed by atoms with Crippen LogP contribution in [0.2, 0.25) is 0 Å². The maximum absolute atomic E-state index is 13.3. The average Bonchev–Trinajstić information content (AvgIpc) is 2.32. The third-order valence-electron chi connectivity index (χ3n) is 3.87. The van der Waals surface area contributed by atoms with Gasteiger partial charge in [-0.15, -0.1) is 0 Å². The highest BCUT2D eigenvalue weighted by Gasteiger charge is 2.25. The summed E-state index contributed by atoms with van der Waals surface area (Å²) in [6, 6.07) is 5.18. The number of benzene rings is 1. The Hall–Kier alpha value is -1.09. The number of nitrogens with zero attached hydrogens (tertiary/aromatic N) is 1. The molecule has 1 fully saturated rings. The lowest BCUT2D eigenvalue weighted by Gasteiger charge is -2.40. The standard InChI is InChI=1S/C15H22FNO/c1-10-4-5-11(2)17(9-10)15-7-6-13(16)8-14(15)12(3)18/h6-8,10-12,18H,4-5,9H2,1-3H3. The zero-order chi connectivity index (χ0) is 13.3. The minimum absolute atomic E-state index is 0.285. The molecule has 0 radical (unpaired) electrons. The fraction of sp³-hybridized carbons (Fsp3) is 0.600. The molecular formula is C15H22FNO. The van der Waals surface area contributed by atoms with Crippen LogP contribution in [0.1, 0.15) is 45.3 Å². The second kappa shape index (κ2) is 5.27. The van der Waals surface area contributed by atoms with Gasteiger partial charge in [-0.25, -0.2) is 4.39 Å². The monoisotopic (exact) mass is 251 g/mol. The summed E-state index contributed by atoms with van der Waals surface area (Å²) in [6.07, 6.45) is 1.75. The van der Waals surface area contributed by atoms with Crippen LogP contribution in [0, 0.1) is 11.7 Å². The van der Waals surface area contributed by atoms with E-state index in [1.54, 1.807) is 13.0 Å². The van der Waals surface area contributed by atoms with E-state index in [1.807, 2.05) is 0 Å². The minimum atomic E-state index is -0.639. The first-order valence-electron chi connectivity index (χ1n) is 6.73. The van der Waals surface area contributed by atoms with E-state index < -0.39 is 6.10 Å². The third kappa shape index (κ3) is 2.66. The summed E-state index contributed by atoms with van der Waals surface area (Å²) < 4.78 is 13.3. The van der Waals surface area contributed by atoms with Crippen LogP contribution >= 0.6 is 0 Å². The Morgan fingerprint density at radius 3 is 2.72 bits per heavy atom. The second-order valence-corrected chi connectivity index (χ2v) is 5.56. The van der Waals surface area contributed by atoms with Gasteiger partial charge in [0.1, 0.15) is 5.82 Å². The number of piperidine rings is 1. The van der Waals surface area contributed by atoms with Crippen molar-refractivity contribution in [2.45, 2.75) is 45.8 Å². The molecule has 1 N–H and O–H groups in total. The molecule has 0 amide bonds. The number of anilines is 1. The van der Waals surface area contributed by atoms with Gasteiger partial charge in [0.2, 0.25) is 0 Å². The molecule has 2 nitrogen and oxygen atoms in total. The van der Waals surface area contributed by atoms with Gasteiger partial charge < -0.3 is 10.0 Å². The number of rotatable bonds is 2. The van der Waals surface area contributed by atoms with Crippen molar-refractivity contribution >= 4 is 5.69 Å². The van der Waals surface area contributed by atoms with E-state index in [9.17, 15) is 9.50 Å². The first-order valence-corrected chi connectivity index (χ1v) is 6.73. The molecule has 3 unspecified atom stereocenters. The largest absolute Gasteiger partial charge is 0.389 e. The Labute approximate surface area is 108 Å². The fourth-order valence-corrected chi connectivity index (χ4v) is 2.75. The van der Waals surface area contributed by atoms with Crippen molar-refractivity contribution in [3.05, 3.63) is 29.6 Å². The maximum Gasteiger partial charge on any atom is 0.123 e. The molecule has 0 aromatic heterocycles. The van der Waals surface area contributed by atoms with Crippen LogP contribution in [0.15, 0.2) is 18.2 Å². The first-order chi connectivity index (χ1) is 8.49. The molecule has 1 heterocycles. The van der Waals surface area contributed by atoms with E-state index in [-0.39, 0.29) is 5.82 Å². The zero-order valence-electron chi connectivity index (χ0n) is 11.4. The highest BCUT2D eigenvalue weighted by atomic mass is 19.1. The van der Waals surface area contributed by atoms with Crippen LogP contribution in [-0.2, 0) is 0 Å². The van der Waals surface area contributed by atoms with Crippen molar-refractivity contribution in [3.63, 3.8) is 0 Å². The van der Waals surface area contributed by atoms with Crippen LogP contribution in [0.25, 0.3) is 0 Å². The molecule has 2 rings (SSSR count). The van der Waals surface area contributed by atoms with Gasteiger partial charge in [0.25, 0.3) is 0 Å². The summed E-state index contributed by atoms with van der Waals surface area (Å²) in [5, 5.41) is 9.82. The van der Waals surface area contributed by atoms with Gasteiger partial charge in [0.15, 0.2) is 0 Å². The van der Waals surface area contributed by atoms with Crippen LogP contribution < -0.4 is 4.90 Å². The van der Waals surface area contributed by atoms with Crippen molar-refractivity contribution in [2.24, 2.45) is 5.92 Å². The lowest BCUT2D eigenvalue weighted by Crippen LogP contribution is -2.41. The van der Waals surface area contributed by atoms with Crippen molar-refractivity contribution in [3.8, 4) is 0 Å².